The van der Waals surface area contributed by atoms with Crippen LogP contribution in [0.3, 0.4) is 0 Å². The smallest absolute Gasteiger partial charge is 0.414 e. The second kappa shape index (κ2) is 12.6. The maximum absolute atomic E-state index is 14.0. The first kappa shape index (κ1) is 29.0. The van der Waals surface area contributed by atoms with Crippen molar-refractivity contribution < 1.29 is 29.3 Å². The Balaban J connectivity index is 1.40. The number of aliphatic hydroxyl groups is 2. The van der Waals surface area contributed by atoms with Crippen molar-refractivity contribution in [1.82, 2.24) is 4.90 Å². The number of carbonyl (C=O) groups is 3. The Hall–Kier alpha value is -4.47. The number of cyclic esters (lactones) is 1. The van der Waals surface area contributed by atoms with Crippen molar-refractivity contribution in [2.45, 2.75) is 32.0 Å². The van der Waals surface area contributed by atoms with Crippen LogP contribution in [0.1, 0.15) is 30.0 Å². The highest BCUT2D eigenvalue weighted by molar-refractivity contribution is 6.08. The molecule has 0 bridgehead atoms. The van der Waals surface area contributed by atoms with E-state index in [1.165, 1.54) is 4.90 Å². The molecule has 1 fully saturated rings. The Labute approximate surface area is 245 Å². The molecule has 2 aliphatic heterocycles. The van der Waals surface area contributed by atoms with Crippen molar-refractivity contribution in [3.63, 3.8) is 0 Å². The predicted octanol–water partition coefficient (Wildman–Crippen LogP) is 3.98. The zero-order chi connectivity index (χ0) is 29.7. The summed E-state index contributed by atoms with van der Waals surface area (Å²) in [4.78, 5) is 43.9. The fourth-order valence-corrected chi connectivity index (χ4v) is 5.51. The molecule has 0 aliphatic carbocycles. The summed E-state index contributed by atoms with van der Waals surface area (Å²) in [5.74, 6) is -1.35. The van der Waals surface area contributed by atoms with Gasteiger partial charge in [0.25, 0.3) is 5.91 Å². The van der Waals surface area contributed by atoms with E-state index in [1.807, 2.05) is 60.7 Å². The first-order chi connectivity index (χ1) is 20.3. The number of benzene rings is 3. The number of hydrogen-bond acceptors (Lipinski definition) is 6. The molecular weight excluding hydrogens is 534 g/mol. The van der Waals surface area contributed by atoms with Crippen molar-refractivity contribution >= 4 is 29.3 Å². The number of fused-ring (bicyclic) bond motifs is 1. The van der Waals surface area contributed by atoms with Gasteiger partial charge in [0, 0.05) is 36.7 Å². The van der Waals surface area contributed by atoms with E-state index in [9.17, 15) is 24.6 Å². The first-order valence-corrected chi connectivity index (χ1v) is 14.1. The number of nitrogens with zero attached hydrogens (tertiary/aromatic N) is 3. The molecule has 3 aromatic carbocycles. The minimum atomic E-state index is -1.92. The van der Waals surface area contributed by atoms with E-state index in [0.717, 1.165) is 11.1 Å². The third-order valence-corrected chi connectivity index (χ3v) is 7.82. The summed E-state index contributed by atoms with van der Waals surface area (Å²) in [7, 11) is 0. The molecule has 0 radical (unpaired) electrons. The number of amides is 3. The van der Waals surface area contributed by atoms with Gasteiger partial charge in [0.15, 0.2) is 5.60 Å². The average Bonchev–Trinajstić information content (AvgIpc) is 3.53. The first-order valence-electron chi connectivity index (χ1n) is 14.1. The number of aliphatic hydroxyl groups excluding tert-OH is 1. The minimum absolute atomic E-state index is 0.0433. The van der Waals surface area contributed by atoms with Crippen molar-refractivity contribution in [3.05, 3.63) is 108 Å². The number of ether oxygens (including phenoxy) is 1. The largest absolute Gasteiger partial charge is 0.447 e. The van der Waals surface area contributed by atoms with Crippen LogP contribution in [-0.2, 0) is 33.0 Å². The van der Waals surface area contributed by atoms with Crippen LogP contribution in [0.15, 0.2) is 91.0 Å². The summed E-state index contributed by atoms with van der Waals surface area (Å²) in [6.45, 7) is 3.06. The zero-order valence-electron chi connectivity index (χ0n) is 23.6. The lowest BCUT2D eigenvalue weighted by molar-refractivity contribution is -0.139. The molecule has 9 heteroatoms. The molecule has 2 N–H and O–H groups in total. The third-order valence-electron chi connectivity index (χ3n) is 7.82. The molecule has 0 saturated carbocycles. The molecule has 0 unspecified atom stereocenters. The quantitative estimate of drug-likeness (QED) is 0.338. The summed E-state index contributed by atoms with van der Waals surface area (Å²) in [5.41, 5.74) is 1.44. The molecule has 1 saturated heterocycles. The third kappa shape index (κ3) is 5.79. The highest BCUT2D eigenvalue weighted by Gasteiger charge is 2.52. The molecule has 0 aromatic heterocycles. The molecule has 2 atom stereocenters. The topological polar surface area (TPSA) is 111 Å². The maximum atomic E-state index is 14.0. The van der Waals surface area contributed by atoms with Gasteiger partial charge in [-0.3, -0.25) is 14.5 Å². The molecule has 3 aromatic rings. The van der Waals surface area contributed by atoms with Crippen LogP contribution < -0.4 is 9.80 Å². The summed E-state index contributed by atoms with van der Waals surface area (Å²) in [6, 6.07) is 24.3. The summed E-state index contributed by atoms with van der Waals surface area (Å²) >= 11 is 0. The SMILES string of the molecule is C[C@@H](/C=C/CC(=O)N(CCO)Cc1ccccc1)[C@]1(O)C(=O)N(Cc2ccccc2)c2ccc(N3CCOC3=O)cc21. The van der Waals surface area contributed by atoms with Gasteiger partial charge in [0.1, 0.15) is 6.61 Å². The minimum Gasteiger partial charge on any atom is -0.447 e. The summed E-state index contributed by atoms with van der Waals surface area (Å²) < 4.78 is 5.09. The molecule has 218 valence electrons. The number of anilines is 2. The van der Waals surface area contributed by atoms with Crippen LogP contribution in [-0.4, -0.2) is 59.3 Å². The van der Waals surface area contributed by atoms with Crippen molar-refractivity contribution in [3.8, 4) is 0 Å². The zero-order valence-corrected chi connectivity index (χ0v) is 23.6. The van der Waals surface area contributed by atoms with Crippen LogP contribution in [0, 0.1) is 5.92 Å². The van der Waals surface area contributed by atoms with Crippen LogP contribution in [0.2, 0.25) is 0 Å². The summed E-state index contributed by atoms with van der Waals surface area (Å²) in [6.07, 6.45) is 2.91. The van der Waals surface area contributed by atoms with E-state index in [-0.39, 0.29) is 38.6 Å². The Kier molecular flexibility index (Phi) is 8.70. The van der Waals surface area contributed by atoms with Gasteiger partial charge in [0.2, 0.25) is 5.91 Å². The van der Waals surface area contributed by atoms with E-state index < -0.39 is 23.5 Å². The van der Waals surface area contributed by atoms with Gasteiger partial charge in [-0.25, -0.2) is 4.79 Å². The average molecular weight is 570 g/mol. The standard InChI is InChI=1S/C33H35N3O6/c1-24(9-8-14-30(38)34(17-19-37)22-25-10-4-2-5-11-25)33(41)28-21-27(35-18-20-42-32(35)40)15-16-29(28)36(31(33)39)23-26-12-6-3-7-13-26/h2-13,15-16,21,24,37,41H,14,17-20,22-23H2,1H3/b9-8+/t24-,33+/m0/s1. The molecule has 2 heterocycles. The second-order valence-corrected chi connectivity index (χ2v) is 10.6. The second-order valence-electron chi connectivity index (χ2n) is 10.6. The highest BCUT2D eigenvalue weighted by Crippen LogP contribution is 2.47. The van der Waals surface area contributed by atoms with Gasteiger partial charge in [-0.2, -0.15) is 0 Å². The fraction of sp³-hybridized carbons (Fsp3) is 0.303. The Bertz CT molecular complexity index is 1460. The van der Waals surface area contributed by atoms with Crippen LogP contribution in [0.4, 0.5) is 16.2 Å². The number of hydrogen-bond donors (Lipinski definition) is 2. The lowest BCUT2D eigenvalue weighted by Gasteiger charge is -2.28. The Morgan fingerprint density at radius 1 is 1.05 bits per heavy atom. The van der Waals surface area contributed by atoms with Gasteiger partial charge in [-0.15, -0.1) is 0 Å². The Morgan fingerprint density at radius 2 is 1.74 bits per heavy atom. The molecule has 3 amide bonds. The van der Waals surface area contributed by atoms with Gasteiger partial charge in [-0.05, 0) is 29.3 Å². The van der Waals surface area contributed by atoms with E-state index in [4.69, 9.17) is 4.74 Å². The van der Waals surface area contributed by atoms with Crippen molar-refractivity contribution in [2.24, 2.45) is 5.92 Å². The predicted molar refractivity (Wildman–Crippen MR) is 159 cm³/mol. The van der Waals surface area contributed by atoms with Gasteiger partial charge >= 0.3 is 6.09 Å². The van der Waals surface area contributed by atoms with Crippen LogP contribution >= 0.6 is 0 Å². The van der Waals surface area contributed by atoms with E-state index in [1.54, 1.807) is 47.1 Å². The molecule has 9 nitrogen and oxygen atoms in total. The van der Waals surface area contributed by atoms with Crippen molar-refractivity contribution in [2.75, 3.05) is 36.1 Å². The molecule has 2 aliphatic rings. The maximum Gasteiger partial charge on any atom is 0.414 e. The number of rotatable bonds is 11. The van der Waals surface area contributed by atoms with E-state index >= 15 is 0 Å². The van der Waals surface area contributed by atoms with Crippen LogP contribution in [0.25, 0.3) is 0 Å². The lowest BCUT2D eigenvalue weighted by atomic mass is 9.82. The number of carbonyl (C=O) groups excluding carboxylic acids is 3. The van der Waals surface area contributed by atoms with E-state index in [2.05, 4.69) is 0 Å². The monoisotopic (exact) mass is 569 g/mol. The van der Waals surface area contributed by atoms with E-state index in [0.29, 0.717) is 30.0 Å². The normalized spacial score (nSPS) is 18.8. The molecule has 42 heavy (non-hydrogen) atoms. The van der Waals surface area contributed by atoms with Gasteiger partial charge in [-0.1, -0.05) is 79.7 Å². The molecule has 5 rings (SSSR count). The van der Waals surface area contributed by atoms with Gasteiger partial charge < -0.3 is 24.7 Å². The van der Waals surface area contributed by atoms with Crippen molar-refractivity contribution in [1.29, 1.82) is 0 Å². The Morgan fingerprint density at radius 3 is 2.38 bits per heavy atom. The lowest BCUT2D eigenvalue weighted by Crippen LogP contribution is -2.44. The highest BCUT2D eigenvalue weighted by atomic mass is 16.6. The summed E-state index contributed by atoms with van der Waals surface area (Å²) in [5, 5.41) is 21.6. The molecular formula is C33H35N3O6. The van der Waals surface area contributed by atoms with Gasteiger partial charge in [0.05, 0.1) is 25.4 Å². The fourth-order valence-electron chi connectivity index (χ4n) is 5.51. The van der Waals surface area contributed by atoms with Crippen LogP contribution in [0.5, 0.6) is 0 Å². The molecule has 0 spiro atoms.